The zero-order valence-corrected chi connectivity index (χ0v) is 16.4. The Morgan fingerprint density at radius 2 is 2.00 bits per heavy atom. The number of aromatic nitrogens is 2. The molecule has 2 aromatic carbocycles. The Morgan fingerprint density at radius 1 is 1.13 bits per heavy atom. The van der Waals surface area contributed by atoms with Crippen LogP contribution >= 0.6 is 0 Å². The maximum absolute atomic E-state index is 13.9. The van der Waals surface area contributed by atoms with Crippen LogP contribution in [0.5, 0.6) is 0 Å². The van der Waals surface area contributed by atoms with Gasteiger partial charge in [0.15, 0.2) is 0 Å². The summed E-state index contributed by atoms with van der Waals surface area (Å²) in [7, 11) is 0. The third-order valence-corrected chi connectivity index (χ3v) is 5.23. The first-order valence-electron chi connectivity index (χ1n) is 9.95. The molecule has 2 heterocycles. The van der Waals surface area contributed by atoms with E-state index in [-0.39, 0.29) is 29.9 Å². The highest BCUT2D eigenvalue weighted by Crippen LogP contribution is 2.27. The molecule has 1 atom stereocenters. The number of benzene rings is 2. The van der Waals surface area contributed by atoms with E-state index in [1.165, 1.54) is 18.2 Å². The fraction of sp³-hybridized carbons (Fsp3) is 0.261. The van der Waals surface area contributed by atoms with Crippen molar-refractivity contribution in [3.8, 4) is 0 Å². The molecule has 1 aliphatic rings. The van der Waals surface area contributed by atoms with Gasteiger partial charge in [-0.15, -0.1) is 0 Å². The van der Waals surface area contributed by atoms with E-state index in [1.54, 1.807) is 36.5 Å². The molecule has 5 nitrogen and oxygen atoms in total. The fourth-order valence-corrected chi connectivity index (χ4v) is 3.72. The summed E-state index contributed by atoms with van der Waals surface area (Å²) in [5, 5.41) is 2.91. The third-order valence-electron chi connectivity index (χ3n) is 5.23. The van der Waals surface area contributed by atoms with Gasteiger partial charge in [0.25, 0.3) is 0 Å². The number of para-hydroxylation sites is 1. The lowest BCUT2D eigenvalue weighted by Gasteiger charge is -2.32. The third kappa shape index (κ3) is 4.79. The summed E-state index contributed by atoms with van der Waals surface area (Å²) >= 11 is 0. The first-order chi connectivity index (χ1) is 14.6. The molecule has 0 saturated carbocycles. The molecule has 1 amide bonds. The lowest BCUT2D eigenvalue weighted by Crippen LogP contribution is -2.40. The molecule has 3 aromatic rings. The van der Waals surface area contributed by atoms with Crippen LogP contribution < -0.4 is 5.32 Å². The van der Waals surface area contributed by atoms with Crippen molar-refractivity contribution in [2.45, 2.75) is 25.2 Å². The first-order valence-corrected chi connectivity index (χ1v) is 9.95. The molecule has 30 heavy (non-hydrogen) atoms. The molecule has 1 aliphatic heterocycles. The summed E-state index contributed by atoms with van der Waals surface area (Å²) in [6.07, 6.45) is 3.58. The highest BCUT2D eigenvalue weighted by molar-refractivity contribution is 5.79. The van der Waals surface area contributed by atoms with Gasteiger partial charge < -0.3 is 10.2 Å². The van der Waals surface area contributed by atoms with Crippen LogP contribution in [-0.2, 0) is 11.2 Å². The summed E-state index contributed by atoms with van der Waals surface area (Å²) in [6, 6.07) is 14.3. The summed E-state index contributed by atoms with van der Waals surface area (Å²) in [4.78, 5) is 23.3. The molecule has 1 saturated heterocycles. The van der Waals surface area contributed by atoms with Crippen molar-refractivity contribution < 1.29 is 13.6 Å². The SMILES string of the molecule is O=C(Cc1cccc(F)c1)N1CCCC(c2ccnc(Nc3ccccc3F)n2)C1. The van der Waals surface area contributed by atoms with Crippen LogP contribution in [0.15, 0.2) is 60.8 Å². The van der Waals surface area contributed by atoms with E-state index in [2.05, 4.69) is 15.3 Å². The molecule has 0 aliphatic carbocycles. The fourth-order valence-electron chi connectivity index (χ4n) is 3.72. The van der Waals surface area contributed by atoms with Gasteiger partial charge in [-0.25, -0.2) is 18.7 Å². The summed E-state index contributed by atoms with van der Waals surface area (Å²) in [5.41, 5.74) is 1.79. The molecular formula is C23H22F2N4O. The van der Waals surface area contributed by atoms with Crippen molar-refractivity contribution >= 4 is 17.5 Å². The number of nitrogens with zero attached hydrogens (tertiary/aromatic N) is 3. The molecule has 0 bridgehead atoms. The molecule has 4 rings (SSSR count). The molecule has 154 valence electrons. The van der Waals surface area contributed by atoms with Gasteiger partial charge in [0.1, 0.15) is 11.6 Å². The van der Waals surface area contributed by atoms with E-state index in [1.807, 2.05) is 11.0 Å². The number of carbonyl (C=O) groups excluding carboxylic acids is 1. The standard InChI is InChI=1S/C23H22F2N4O/c24-18-7-3-5-16(13-18)14-22(30)29-12-4-6-17(15-29)20-10-11-26-23(27-20)28-21-9-2-1-8-19(21)25/h1-3,5,7-11,13,17H,4,6,12,14-15H2,(H,26,27,28). The minimum Gasteiger partial charge on any atom is -0.342 e. The average Bonchev–Trinajstić information content (AvgIpc) is 2.76. The highest BCUT2D eigenvalue weighted by Gasteiger charge is 2.26. The van der Waals surface area contributed by atoms with Crippen LogP contribution in [0.1, 0.15) is 30.0 Å². The Hall–Kier alpha value is -3.35. The van der Waals surface area contributed by atoms with Crippen LogP contribution in [0.25, 0.3) is 0 Å². The minimum absolute atomic E-state index is 0.0240. The quantitative estimate of drug-likeness (QED) is 0.678. The van der Waals surface area contributed by atoms with Gasteiger partial charge in [-0.3, -0.25) is 4.79 Å². The summed E-state index contributed by atoms with van der Waals surface area (Å²) in [5.74, 6) is -0.352. The van der Waals surface area contributed by atoms with Crippen molar-refractivity contribution in [3.05, 3.63) is 83.7 Å². The lowest BCUT2D eigenvalue weighted by atomic mass is 9.94. The van der Waals surface area contributed by atoms with E-state index < -0.39 is 0 Å². The molecule has 1 fully saturated rings. The highest BCUT2D eigenvalue weighted by atomic mass is 19.1. The van der Waals surface area contributed by atoms with Gasteiger partial charge in [0.05, 0.1) is 17.8 Å². The summed E-state index contributed by atoms with van der Waals surface area (Å²) < 4.78 is 27.3. The predicted molar refractivity (Wildman–Crippen MR) is 110 cm³/mol. The number of anilines is 2. The van der Waals surface area contributed by atoms with Gasteiger partial charge in [-0.1, -0.05) is 24.3 Å². The smallest absolute Gasteiger partial charge is 0.227 e. The second kappa shape index (κ2) is 8.98. The largest absolute Gasteiger partial charge is 0.342 e. The second-order valence-electron chi connectivity index (χ2n) is 7.40. The van der Waals surface area contributed by atoms with Crippen molar-refractivity contribution in [3.63, 3.8) is 0 Å². The van der Waals surface area contributed by atoms with Crippen molar-refractivity contribution in [2.75, 3.05) is 18.4 Å². The van der Waals surface area contributed by atoms with Crippen molar-refractivity contribution in [1.29, 1.82) is 0 Å². The first kappa shape index (κ1) is 19.9. The number of nitrogens with one attached hydrogen (secondary N) is 1. The number of rotatable bonds is 5. The van der Waals surface area contributed by atoms with E-state index in [9.17, 15) is 13.6 Å². The number of amides is 1. The van der Waals surface area contributed by atoms with Crippen molar-refractivity contribution in [1.82, 2.24) is 14.9 Å². The number of hydrogen-bond acceptors (Lipinski definition) is 4. The Morgan fingerprint density at radius 3 is 2.83 bits per heavy atom. The Bertz CT molecular complexity index is 1040. The van der Waals surface area contributed by atoms with Crippen molar-refractivity contribution in [2.24, 2.45) is 0 Å². The second-order valence-corrected chi connectivity index (χ2v) is 7.40. The van der Waals surface area contributed by atoms with Gasteiger partial charge in [-0.05, 0) is 48.7 Å². The van der Waals surface area contributed by atoms with Gasteiger partial charge >= 0.3 is 0 Å². The maximum atomic E-state index is 13.9. The lowest BCUT2D eigenvalue weighted by molar-refractivity contribution is -0.131. The van der Waals surface area contributed by atoms with Gasteiger partial charge in [0.2, 0.25) is 11.9 Å². The molecule has 0 radical (unpaired) electrons. The normalized spacial score (nSPS) is 16.3. The number of piperidine rings is 1. The van der Waals surface area contributed by atoms with E-state index in [4.69, 9.17) is 0 Å². The van der Waals surface area contributed by atoms with Gasteiger partial charge in [0, 0.05) is 25.2 Å². The topological polar surface area (TPSA) is 58.1 Å². The Balaban J connectivity index is 1.44. The molecule has 0 spiro atoms. The molecule has 1 N–H and O–H groups in total. The predicted octanol–water partition coefficient (Wildman–Crippen LogP) is 4.45. The molecule has 7 heteroatoms. The van der Waals surface area contributed by atoms with E-state index >= 15 is 0 Å². The van der Waals surface area contributed by atoms with Crippen LogP contribution in [0.2, 0.25) is 0 Å². The number of halogens is 2. The van der Waals surface area contributed by atoms with Crippen LogP contribution in [0.4, 0.5) is 20.4 Å². The van der Waals surface area contributed by atoms with E-state index in [0.717, 1.165) is 18.5 Å². The monoisotopic (exact) mass is 408 g/mol. The van der Waals surface area contributed by atoms with Crippen LogP contribution in [-0.4, -0.2) is 33.9 Å². The molecule has 1 aromatic heterocycles. The summed E-state index contributed by atoms with van der Waals surface area (Å²) in [6.45, 7) is 1.22. The zero-order valence-electron chi connectivity index (χ0n) is 16.4. The molecule has 1 unspecified atom stereocenters. The number of carbonyl (C=O) groups is 1. The maximum Gasteiger partial charge on any atom is 0.227 e. The zero-order chi connectivity index (χ0) is 20.9. The Labute approximate surface area is 173 Å². The van der Waals surface area contributed by atoms with Crippen LogP contribution in [0, 0.1) is 11.6 Å². The number of likely N-dealkylation sites (tertiary alicyclic amines) is 1. The van der Waals surface area contributed by atoms with Gasteiger partial charge in [-0.2, -0.15) is 0 Å². The Kier molecular flexibility index (Phi) is 5.97. The number of hydrogen-bond donors (Lipinski definition) is 1. The molecular weight excluding hydrogens is 386 g/mol. The van der Waals surface area contributed by atoms with E-state index in [0.29, 0.717) is 30.3 Å². The average molecular weight is 408 g/mol. The minimum atomic E-state index is -0.377. The van der Waals surface area contributed by atoms with Crippen LogP contribution in [0.3, 0.4) is 0 Å².